The Hall–Kier alpha value is -2.39. The number of ether oxygens (including phenoxy) is 1. The topological polar surface area (TPSA) is 29.5 Å². The second kappa shape index (κ2) is 19.4. The van der Waals surface area contributed by atoms with Gasteiger partial charge in [-0.1, -0.05) is 84.0 Å². The Labute approximate surface area is 173 Å². The van der Waals surface area contributed by atoms with Crippen molar-refractivity contribution in [3.8, 4) is 0 Å². The fourth-order valence-corrected chi connectivity index (χ4v) is 2.13. The van der Waals surface area contributed by atoms with Crippen molar-refractivity contribution in [3.63, 3.8) is 0 Å². The zero-order chi connectivity index (χ0) is 21.8. The van der Waals surface area contributed by atoms with E-state index >= 15 is 0 Å². The first-order chi connectivity index (χ1) is 13.8. The van der Waals surface area contributed by atoms with Crippen molar-refractivity contribution in [2.45, 2.75) is 55.0 Å². The van der Waals surface area contributed by atoms with Crippen LogP contribution in [-0.4, -0.2) is 24.5 Å². The highest BCUT2D eigenvalue weighted by Gasteiger charge is 2.17. The van der Waals surface area contributed by atoms with Crippen molar-refractivity contribution in [2.24, 2.45) is 0 Å². The first-order valence-electron chi connectivity index (χ1n) is 10.4. The van der Waals surface area contributed by atoms with Crippen molar-refractivity contribution in [1.82, 2.24) is 4.90 Å². The van der Waals surface area contributed by atoms with Crippen molar-refractivity contribution >= 4 is 12.0 Å². The number of hydrogen-bond donors (Lipinski definition) is 0. The van der Waals surface area contributed by atoms with Crippen molar-refractivity contribution in [3.05, 3.63) is 77.5 Å². The van der Waals surface area contributed by atoms with Gasteiger partial charge in [0.1, 0.15) is 0 Å². The van der Waals surface area contributed by atoms with Crippen LogP contribution in [0.15, 0.2) is 60.8 Å². The van der Waals surface area contributed by atoms with Gasteiger partial charge in [-0.05, 0) is 36.3 Å². The van der Waals surface area contributed by atoms with Gasteiger partial charge in [0.15, 0.2) is 0 Å². The highest BCUT2D eigenvalue weighted by atomic mass is 16.5. The number of rotatable bonds is 2. The van der Waals surface area contributed by atoms with E-state index in [2.05, 4.69) is 16.9 Å². The van der Waals surface area contributed by atoms with Gasteiger partial charge < -0.3 is 9.64 Å². The molecular weight excluding hydrogens is 346 g/mol. The van der Waals surface area contributed by atoms with E-state index in [-0.39, 0.29) is 5.91 Å². The van der Waals surface area contributed by atoms with Gasteiger partial charge in [0, 0.05) is 25.5 Å². The van der Waals surface area contributed by atoms with Crippen molar-refractivity contribution in [2.75, 3.05) is 13.7 Å². The Morgan fingerprint density at radius 2 is 1.39 bits per heavy atom. The maximum atomic E-state index is 12.3. The van der Waals surface area contributed by atoms with E-state index in [0.717, 1.165) is 12.2 Å². The Kier molecular flexibility index (Phi) is 19.3. The van der Waals surface area contributed by atoms with E-state index in [1.165, 1.54) is 11.1 Å². The summed E-state index contributed by atoms with van der Waals surface area (Å²) in [5.74, 6) is 0.0429. The van der Waals surface area contributed by atoms with Gasteiger partial charge in [0.25, 0.3) is 5.91 Å². The Balaban J connectivity index is 0. The number of hydrogen-bond acceptors (Lipinski definition) is 2. The van der Waals surface area contributed by atoms with E-state index in [1.807, 2.05) is 103 Å². The predicted molar refractivity (Wildman–Crippen MR) is 123 cm³/mol. The van der Waals surface area contributed by atoms with Crippen LogP contribution in [0, 0.1) is 0 Å². The maximum Gasteiger partial charge on any atom is 0.258 e. The number of nitrogens with zero attached hydrogens (tertiary/aromatic N) is 1. The van der Waals surface area contributed by atoms with Crippen LogP contribution in [0.25, 0.3) is 6.08 Å². The van der Waals surface area contributed by atoms with Crippen LogP contribution in [-0.2, 0) is 11.3 Å². The highest BCUT2D eigenvalue weighted by Crippen LogP contribution is 2.20. The Bertz CT molecular complexity index is 634. The number of benzene rings is 2. The van der Waals surface area contributed by atoms with Crippen LogP contribution in [0.1, 0.15) is 70.0 Å². The quantitative estimate of drug-likeness (QED) is 0.554. The van der Waals surface area contributed by atoms with Crippen LogP contribution in [0.3, 0.4) is 0 Å². The summed E-state index contributed by atoms with van der Waals surface area (Å²) in [5.41, 5.74) is 3.10. The molecule has 0 N–H and O–H groups in total. The third-order valence-electron chi connectivity index (χ3n) is 3.40. The molecule has 0 aliphatic carbocycles. The number of methoxy groups -OCH3 is 1. The van der Waals surface area contributed by atoms with Crippen LogP contribution in [0.5, 0.6) is 0 Å². The van der Waals surface area contributed by atoms with Gasteiger partial charge in [-0.15, -0.1) is 0 Å². The number of amides is 1. The zero-order valence-electron chi connectivity index (χ0n) is 19.0. The predicted octanol–water partition coefficient (Wildman–Crippen LogP) is 7.04. The molecular formula is C25H39NO2. The molecule has 156 valence electrons. The normalized spacial score (nSPS) is 10.2. The SMILES string of the molecule is CC.CC.CC.CCOC.O=C(c1ccccc1)N1C=Cc2ccccc2C1. The molecule has 28 heavy (non-hydrogen) atoms. The molecule has 0 bridgehead atoms. The van der Waals surface area contributed by atoms with Crippen molar-refractivity contribution < 1.29 is 9.53 Å². The summed E-state index contributed by atoms with van der Waals surface area (Å²) < 4.78 is 4.54. The molecule has 0 atom stereocenters. The molecule has 1 heterocycles. The summed E-state index contributed by atoms with van der Waals surface area (Å²) in [6, 6.07) is 17.5. The summed E-state index contributed by atoms with van der Waals surface area (Å²) in [6.45, 7) is 15.4. The lowest BCUT2D eigenvalue weighted by molar-refractivity contribution is 0.0813. The van der Waals surface area contributed by atoms with E-state index in [0.29, 0.717) is 6.54 Å². The molecule has 0 fully saturated rings. The second-order valence-electron chi connectivity index (χ2n) is 4.89. The average molecular weight is 386 g/mol. The lowest BCUT2D eigenvalue weighted by Crippen LogP contribution is -2.27. The van der Waals surface area contributed by atoms with Crippen LogP contribution < -0.4 is 0 Å². The first kappa shape index (κ1) is 27.8. The minimum absolute atomic E-state index is 0.0429. The molecule has 0 aromatic heterocycles. The fourth-order valence-electron chi connectivity index (χ4n) is 2.13. The molecule has 1 aliphatic rings. The average Bonchev–Trinajstić information content (AvgIpc) is 2.83. The number of carbonyl (C=O) groups excluding carboxylic acids is 1. The molecule has 2 aromatic carbocycles. The molecule has 0 saturated carbocycles. The summed E-state index contributed by atoms with van der Waals surface area (Å²) >= 11 is 0. The molecule has 0 saturated heterocycles. The molecule has 0 radical (unpaired) electrons. The Morgan fingerprint density at radius 3 is 1.93 bits per heavy atom. The van der Waals surface area contributed by atoms with Crippen LogP contribution >= 0.6 is 0 Å². The molecule has 3 nitrogen and oxygen atoms in total. The minimum atomic E-state index is 0.0429. The minimum Gasteiger partial charge on any atom is -0.385 e. The van der Waals surface area contributed by atoms with Crippen molar-refractivity contribution in [1.29, 1.82) is 0 Å². The third kappa shape index (κ3) is 10.1. The Morgan fingerprint density at radius 1 is 0.893 bits per heavy atom. The lowest BCUT2D eigenvalue weighted by atomic mass is 10.0. The van der Waals surface area contributed by atoms with Gasteiger partial charge in [-0.2, -0.15) is 0 Å². The molecule has 1 aliphatic heterocycles. The molecule has 3 rings (SSSR count). The van der Waals surface area contributed by atoms with Gasteiger partial charge in [0.05, 0.1) is 6.54 Å². The maximum absolute atomic E-state index is 12.3. The van der Waals surface area contributed by atoms with E-state index in [1.54, 1.807) is 12.0 Å². The fraction of sp³-hybridized carbons (Fsp3) is 0.400. The third-order valence-corrected chi connectivity index (χ3v) is 3.40. The highest BCUT2D eigenvalue weighted by molar-refractivity contribution is 5.95. The smallest absolute Gasteiger partial charge is 0.258 e. The largest absolute Gasteiger partial charge is 0.385 e. The standard InChI is InChI=1S/C16H13NO.C3H8O.3C2H6/c18-16(14-7-2-1-3-8-14)17-11-10-13-6-4-5-9-15(13)12-17;1-3-4-2;3*1-2/h1-11H,12H2;3H2,1-2H3;3*1-2H3. The van der Waals surface area contributed by atoms with Gasteiger partial charge in [-0.25, -0.2) is 0 Å². The summed E-state index contributed by atoms with van der Waals surface area (Å²) in [7, 11) is 1.68. The van der Waals surface area contributed by atoms with Crippen LogP contribution in [0.4, 0.5) is 0 Å². The molecule has 1 amide bonds. The van der Waals surface area contributed by atoms with E-state index in [9.17, 15) is 4.79 Å². The zero-order valence-corrected chi connectivity index (χ0v) is 19.0. The lowest BCUT2D eigenvalue weighted by Gasteiger charge is -2.23. The molecule has 3 heteroatoms. The van der Waals surface area contributed by atoms with Gasteiger partial charge >= 0.3 is 0 Å². The number of carbonyl (C=O) groups is 1. The molecule has 0 spiro atoms. The van der Waals surface area contributed by atoms with E-state index < -0.39 is 0 Å². The molecule has 0 unspecified atom stereocenters. The van der Waals surface area contributed by atoms with E-state index in [4.69, 9.17) is 0 Å². The monoisotopic (exact) mass is 385 g/mol. The van der Waals surface area contributed by atoms with Gasteiger partial charge in [-0.3, -0.25) is 4.79 Å². The second-order valence-corrected chi connectivity index (χ2v) is 4.89. The summed E-state index contributed by atoms with van der Waals surface area (Å²) in [5, 5.41) is 0. The summed E-state index contributed by atoms with van der Waals surface area (Å²) in [4.78, 5) is 14.0. The molecule has 2 aromatic rings. The van der Waals surface area contributed by atoms with Gasteiger partial charge in [0.2, 0.25) is 0 Å². The number of fused-ring (bicyclic) bond motifs is 1. The van der Waals surface area contributed by atoms with Crippen LogP contribution in [0.2, 0.25) is 0 Å². The summed E-state index contributed by atoms with van der Waals surface area (Å²) in [6.07, 6.45) is 3.84. The first-order valence-corrected chi connectivity index (χ1v) is 10.4.